The lowest BCUT2D eigenvalue weighted by atomic mass is 10.1. The molecule has 0 atom stereocenters. The molecule has 1 aromatic rings. The number of rotatable bonds is 5. The largest absolute Gasteiger partial charge is 0.396 e. The summed E-state index contributed by atoms with van der Waals surface area (Å²) < 4.78 is 3.78. The SMILES string of the molecule is OCC1(CNCc2csnn2)CC1. The van der Waals surface area contributed by atoms with E-state index in [0.29, 0.717) is 6.61 Å². The van der Waals surface area contributed by atoms with Crippen molar-refractivity contribution in [3.63, 3.8) is 0 Å². The molecule has 1 aliphatic carbocycles. The molecule has 0 saturated heterocycles. The van der Waals surface area contributed by atoms with Crippen LogP contribution in [0.3, 0.4) is 0 Å². The first-order valence-corrected chi connectivity index (χ1v) is 5.26. The molecule has 13 heavy (non-hydrogen) atoms. The summed E-state index contributed by atoms with van der Waals surface area (Å²) in [7, 11) is 0. The highest BCUT2D eigenvalue weighted by molar-refractivity contribution is 7.03. The zero-order valence-corrected chi connectivity index (χ0v) is 8.18. The molecule has 1 aliphatic rings. The number of aromatic nitrogens is 2. The number of nitrogens with zero attached hydrogens (tertiary/aromatic N) is 2. The van der Waals surface area contributed by atoms with E-state index < -0.39 is 0 Å². The molecule has 1 saturated carbocycles. The van der Waals surface area contributed by atoms with Gasteiger partial charge in [0.15, 0.2) is 0 Å². The molecule has 4 nitrogen and oxygen atoms in total. The predicted octanol–water partition coefficient (Wildman–Crippen LogP) is 0.400. The third kappa shape index (κ3) is 2.24. The Hall–Kier alpha value is -0.520. The summed E-state index contributed by atoms with van der Waals surface area (Å²) >= 11 is 1.37. The summed E-state index contributed by atoms with van der Waals surface area (Å²) in [5, 5.41) is 18.2. The van der Waals surface area contributed by atoms with Crippen LogP contribution < -0.4 is 5.32 Å². The van der Waals surface area contributed by atoms with Crippen molar-refractivity contribution in [2.45, 2.75) is 19.4 Å². The Balaban J connectivity index is 1.70. The van der Waals surface area contributed by atoms with Crippen LogP contribution in [0.1, 0.15) is 18.5 Å². The first-order chi connectivity index (χ1) is 6.35. The normalized spacial score (nSPS) is 18.8. The summed E-state index contributed by atoms with van der Waals surface area (Å²) in [5.41, 5.74) is 1.17. The van der Waals surface area contributed by atoms with Crippen LogP contribution in [0.2, 0.25) is 0 Å². The van der Waals surface area contributed by atoms with Crippen LogP contribution in [0, 0.1) is 5.41 Å². The van der Waals surface area contributed by atoms with Crippen molar-refractivity contribution in [3.05, 3.63) is 11.1 Å². The van der Waals surface area contributed by atoms with Gasteiger partial charge >= 0.3 is 0 Å². The van der Waals surface area contributed by atoms with Crippen molar-refractivity contribution in [1.82, 2.24) is 14.9 Å². The molecule has 0 unspecified atom stereocenters. The molecule has 0 bridgehead atoms. The van der Waals surface area contributed by atoms with E-state index in [1.807, 2.05) is 5.38 Å². The Kier molecular flexibility index (Phi) is 2.57. The fraction of sp³-hybridized carbons (Fsp3) is 0.750. The molecule has 2 N–H and O–H groups in total. The molecule has 0 aromatic carbocycles. The average molecular weight is 199 g/mol. The second-order valence-electron chi connectivity index (χ2n) is 3.66. The molecular formula is C8H13N3OS. The van der Waals surface area contributed by atoms with Crippen LogP contribution in [0.25, 0.3) is 0 Å². The predicted molar refractivity (Wildman–Crippen MR) is 50.4 cm³/mol. The molecule has 1 heterocycles. The van der Waals surface area contributed by atoms with Gasteiger partial charge in [0.1, 0.15) is 0 Å². The quantitative estimate of drug-likeness (QED) is 0.720. The maximum atomic E-state index is 9.05. The fourth-order valence-corrected chi connectivity index (χ4v) is 1.74. The summed E-state index contributed by atoms with van der Waals surface area (Å²) in [5.74, 6) is 0. The number of hydrogen-bond donors (Lipinski definition) is 2. The topological polar surface area (TPSA) is 58.0 Å². The maximum Gasteiger partial charge on any atom is 0.0893 e. The van der Waals surface area contributed by atoms with Gasteiger partial charge in [-0.05, 0) is 24.4 Å². The van der Waals surface area contributed by atoms with E-state index in [-0.39, 0.29) is 5.41 Å². The molecule has 2 rings (SSSR count). The van der Waals surface area contributed by atoms with E-state index in [0.717, 1.165) is 31.6 Å². The second-order valence-corrected chi connectivity index (χ2v) is 4.27. The zero-order valence-electron chi connectivity index (χ0n) is 7.36. The monoisotopic (exact) mass is 199 g/mol. The van der Waals surface area contributed by atoms with Gasteiger partial charge in [-0.1, -0.05) is 4.49 Å². The lowest BCUT2D eigenvalue weighted by Gasteiger charge is -2.11. The van der Waals surface area contributed by atoms with Gasteiger partial charge in [-0.2, -0.15) is 0 Å². The van der Waals surface area contributed by atoms with Gasteiger partial charge in [0, 0.05) is 30.5 Å². The minimum atomic E-state index is 0.184. The first kappa shape index (κ1) is 9.05. The fourth-order valence-electron chi connectivity index (χ4n) is 1.28. The van der Waals surface area contributed by atoms with Gasteiger partial charge in [-0.15, -0.1) is 5.10 Å². The van der Waals surface area contributed by atoms with Crippen molar-refractivity contribution in [2.24, 2.45) is 5.41 Å². The molecular weight excluding hydrogens is 186 g/mol. The third-order valence-corrected chi connectivity index (χ3v) is 3.06. The highest BCUT2D eigenvalue weighted by atomic mass is 32.1. The minimum absolute atomic E-state index is 0.184. The molecule has 1 fully saturated rings. The van der Waals surface area contributed by atoms with Gasteiger partial charge < -0.3 is 10.4 Å². The number of nitrogens with one attached hydrogen (secondary N) is 1. The molecule has 72 valence electrons. The van der Waals surface area contributed by atoms with Crippen molar-refractivity contribution < 1.29 is 5.11 Å². The van der Waals surface area contributed by atoms with E-state index in [1.54, 1.807) is 0 Å². The van der Waals surface area contributed by atoms with Crippen LogP contribution >= 0.6 is 11.5 Å². The van der Waals surface area contributed by atoms with Crippen LogP contribution in [-0.2, 0) is 6.54 Å². The molecule has 1 aromatic heterocycles. The molecule has 0 aliphatic heterocycles. The Morgan fingerprint density at radius 2 is 2.46 bits per heavy atom. The van der Waals surface area contributed by atoms with Gasteiger partial charge in [0.2, 0.25) is 0 Å². The van der Waals surface area contributed by atoms with Crippen molar-refractivity contribution in [1.29, 1.82) is 0 Å². The molecule has 0 spiro atoms. The molecule has 5 heteroatoms. The van der Waals surface area contributed by atoms with E-state index in [1.165, 1.54) is 11.5 Å². The smallest absolute Gasteiger partial charge is 0.0893 e. The lowest BCUT2D eigenvalue weighted by Crippen LogP contribution is -2.26. The summed E-state index contributed by atoms with van der Waals surface area (Å²) in [6.07, 6.45) is 2.29. The van der Waals surface area contributed by atoms with E-state index in [2.05, 4.69) is 14.9 Å². The van der Waals surface area contributed by atoms with E-state index in [4.69, 9.17) is 5.11 Å². The van der Waals surface area contributed by atoms with Crippen molar-refractivity contribution >= 4 is 11.5 Å². The third-order valence-electron chi connectivity index (χ3n) is 2.50. The summed E-state index contributed by atoms with van der Waals surface area (Å²) in [6, 6.07) is 0. The highest BCUT2D eigenvalue weighted by Crippen LogP contribution is 2.44. The molecule has 0 amide bonds. The van der Waals surface area contributed by atoms with E-state index >= 15 is 0 Å². The van der Waals surface area contributed by atoms with E-state index in [9.17, 15) is 0 Å². The van der Waals surface area contributed by atoms with Crippen LogP contribution in [0.5, 0.6) is 0 Å². The van der Waals surface area contributed by atoms with Crippen LogP contribution in [-0.4, -0.2) is 27.8 Å². The van der Waals surface area contributed by atoms with Gasteiger partial charge in [0.05, 0.1) is 5.69 Å². The van der Waals surface area contributed by atoms with Gasteiger partial charge in [0.25, 0.3) is 0 Å². The van der Waals surface area contributed by atoms with Crippen molar-refractivity contribution in [3.8, 4) is 0 Å². The summed E-state index contributed by atoms with van der Waals surface area (Å²) in [4.78, 5) is 0. The number of aliphatic hydroxyl groups is 1. The highest BCUT2D eigenvalue weighted by Gasteiger charge is 2.41. The Bertz CT molecular complexity index is 258. The van der Waals surface area contributed by atoms with Gasteiger partial charge in [-0.3, -0.25) is 0 Å². The molecule has 0 radical (unpaired) electrons. The number of aliphatic hydroxyl groups excluding tert-OH is 1. The zero-order chi connectivity index (χ0) is 9.15. The second kappa shape index (κ2) is 3.69. The Morgan fingerprint density at radius 3 is 3.00 bits per heavy atom. The number of hydrogen-bond acceptors (Lipinski definition) is 5. The summed E-state index contributed by atoms with van der Waals surface area (Å²) in [6.45, 7) is 1.95. The standard InChI is InChI=1S/C8H13N3OS/c12-6-8(1-2-8)5-9-3-7-4-13-11-10-7/h4,9,12H,1-3,5-6H2. The van der Waals surface area contributed by atoms with Crippen LogP contribution in [0.15, 0.2) is 5.38 Å². The minimum Gasteiger partial charge on any atom is -0.396 e. The average Bonchev–Trinajstić information content (AvgIpc) is 2.74. The maximum absolute atomic E-state index is 9.05. The van der Waals surface area contributed by atoms with Crippen LogP contribution in [0.4, 0.5) is 0 Å². The first-order valence-electron chi connectivity index (χ1n) is 4.42. The van der Waals surface area contributed by atoms with Gasteiger partial charge in [-0.25, -0.2) is 0 Å². The van der Waals surface area contributed by atoms with Crippen molar-refractivity contribution in [2.75, 3.05) is 13.2 Å². The Morgan fingerprint density at radius 1 is 1.62 bits per heavy atom. The Labute approximate surface area is 81.1 Å². The lowest BCUT2D eigenvalue weighted by molar-refractivity contribution is 0.207.